The summed E-state index contributed by atoms with van der Waals surface area (Å²) in [7, 11) is 1.66. The van der Waals surface area contributed by atoms with E-state index in [9.17, 15) is 13.2 Å². The summed E-state index contributed by atoms with van der Waals surface area (Å²) in [4.78, 5) is 3.75. The van der Waals surface area contributed by atoms with Gasteiger partial charge >= 0.3 is 6.18 Å². The van der Waals surface area contributed by atoms with Crippen LogP contribution in [0.2, 0.25) is 0 Å². The van der Waals surface area contributed by atoms with Crippen molar-refractivity contribution in [1.82, 2.24) is 14.8 Å². The van der Waals surface area contributed by atoms with Crippen molar-refractivity contribution in [2.45, 2.75) is 50.9 Å². The highest BCUT2D eigenvalue weighted by Crippen LogP contribution is 2.64. The van der Waals surface area contributed by atoms with Crippen molar-refractivity contribution in [3.05, 3.63) is 29.6 Å². The van der Waals surface area contributed by atoms with Crippen molar-refractivity contribution in [3.8, 4) is 11.3 Å². The maximum Gasteiger partial charge on any atom is 0.419 e. The quantitative estimate of drug-likeness (QED) is 0.672. The molecule has 0 radical (unpaired) electrons. The van der Waals surface area contributed by atoms with Gasteiger partial charge in [-0.25, -0.2) is 4.98 Å². The number of halogens is 3. The first-order chi connectivity index (χ1) is 14.2. The van der Waals surface area contributed by atoms with Crippen molar-refractivity contribution in [3.63, 3.8) is 0 Å². The zero-order chi connectivity index (χ0) is 21.6. The summed E-state index contributed by atoms with van der Waals surface area (Å²) < 4.78 is 52.5. The minimum absolute atomic E-state index is 0.104. The molecule has 4 atom stereocenters. The van der Waals surface area contributed by atoms with Crippen LogP contribution in [0.4, 0.5) is 19.0 Å². The Morgan fingerprint density at radius 1 is 1.20 bits per heavy atom. The molecule has 0 aromatic carbocycles. The minimum Gasteiger partial charge on any atom is -0.383 e. The van der Waals surface area contributed by atoms with Gasteiger partial charge in [-0.2, -0.15) is 18.3 Å². The summed E-state index contributed by atoms with van der Waals surface area (Å²) in [6.07, 6.45) is -0.938. The Balaban J connectivity index is 1.55. The molecule has 6 nitrogen and oxygen atoms in total. The van der Waals surface area contributed by atoms with Crippen molar-refractivity contribution in [1.29, 1.82) is 0 Å². The standard InChI is InChI=1S/C21H27F3N4O2/c1-11(2)28-18(19-14-7-13(8-15(14)19)30-5-4-29-3)9-17(27-28)12-6-16(21(22,23)24)20(25)26-10-12/h6,9-11,13-15,19H,4-5,7-8H2,1-3H3,(H2,25,26)/t13-,14+,15-,19-. The number of nitrogens with two attached hydrogens (primary N) is 1. The third-order valence-electron chi connectivity index (χ3n) is 6.16. The van der Waals surface area contributed by atoms with E-state index in [1.807, 2.05) is 24.6 Å². The summed E-state index contributed by atoms with van der Waals surface area (Å²) in [6.45, 7) is 5.24. The molecule has 2 aliphatic rings. The molecule has 2 N–H and O–H groups in total. The molecule has 0 bridgehead atoms. The van der Waals surface area contributed by atoms with Crippen LogP contribution in [0.15, 0.2) is 18.3 Å². The lowest BCUT2D eigenvalue weighted by Crippen LogP contribution is -2.16. The molecule has 2 heterocycles. The Bertz CT molecular complexity index is 900. The number of nitrogens with zero attached hydrogens (tertiary/aromatic N) is 3. The van der Waals surface area contributed by atoms with E-state index in [0.29, 0.717) is 42.2 Å². The Morgan fingerprint density at radius 2 is 1.90 bits per heavy atom. The number of methoxy groups -OCH3 is 1. The van der Waals surface area contributed by atoms with Crippen LogP contribution in [-0.4, -0.2) is 41.2 Å². The van der Waals surface area contributed by atoms with Crippen LogP contribution >= 0.6 is 0 Å². The second-order valence-corrected chi connectivity index (χ2v) is 8.46. The molecule has 2 aromatic heterocycles. The molecular formula is C21H27F3N4O2. The first-order valence-electron chi connectivity index (χ1n) is 10.2. The van der Waals surface area contributed by atoms with E-state index < -0.39 is 17.6 Å². The second-order valence-electron chi connectivity index (χ2n) is 8.46. The first kappa shape index (κ1) is 21.1. The molecule has 0 amide bonds. The largest absolute Gasteiger partial charge is 0.419 e. The first-order valence-corrected chi connectivity index (χ1v) is 10.2. The van der Waals surface area contributed by atoms with Crippen LogP contribution < -0.4 is 5.73 Å². The fourth-order valence-electron chi connectivity index (χ4n) is 4.72. The Kier molecular flexibility index (Phi) is 5.52. The summed E-state index contributed by atoms with van der Waals surface area (Å²) in [5.41, 5.74) is 6.40. The maximum absolute atomic E-state index is 13.2. The van der Waals surface area contributed by atoms with Gasteiger partial charge in [0.05, 0.1) is 30.6 Å². The molecule has 2 aromatic rings. The summed E-state index contributed by atoms with van der Waals surface area (Å²) in [6, 6.07) is 3.05. The smallest absolute Gasteiger partial charge is 0.383 e. The Hall–Kier alpha value is -2.13. The van der Waals surface area contributed by atoms with E-state index in [4.69, 9.17) is 15.2 Å². The van der Waals surface area contributed by atoms with Crippen LogP contribution in [-0.2, 0) is 15.7 Å². The van der Waals surface area contributed by atoms with Gasteiger partial charge in [0.25, 0.3) is 0 Å². The van der Waals surface area contributed by atoms with Gasteiger partial charge in [-0.15, -0.1) is 0 Å². The predicted molar refractivity (Wildman–Crippen MR) is 106 cm³/mol. The van der Waals surface area contributed by atoms with Crippen molar-refractivity contribution >= 4 is 5.82 Å². The number of rotatable bonds is 7. The third kappa shape index (κ3) is 3.92. The molecule has 0 aliphatic heterocycles. The highest BCUT2D eigenvalue weighted by Gasteiger charge is 2.58. The van der Waals surface area contributed by atoms with E-state index in [1.165, 1.54) is 6.20 Å². The van der Waals surface area contributed by atoms with E-state index in [-0.39, 0.29) is 12.1 Å². The van der Waals surface area contributed by atoms with Gasteiger partial charge in [0.15, 0.2) is 0 Å². The number of anilines is 1. The van der Waals surface area contributed by atoms with Gasteiger partial charge in [0, 0.05) is 36.5 Å². The number of hydrogen-bond acceptors (Lipinski definition) is 5. The van der Waals surface area contributed by atoms with Gasteiger partial charge in [-0.1, -0.05) is 0 Å². The van der Waals surface area contributed by atoms with Crippen LogP contribution in [0.25, 0.3) is 11.3 Å². The van der Waals surface area contributed by atoms with Crippen LogP contribution in [0.1, 0.15) is 49.9 Å². The predicted octanol–water partition coefficient (Wildman–Crippen LogP) is 4.28. The average molecular weight is 424 g/mol. The zero-order valence-electron chi connectivity index (χ0n) is 17.3. The molecule has 0 spiro atoms. The van der Waals surface area contributed by atoms with E-state index in [0.717, 1.165) is 24.6 Å². The monoisotopic (exact) mass is 424 g/mol. The molecule has 2 aliphatic carbocycles. The summed E-state index contributed by atoms with van der Waals surface area (Å²) in [5.74, 6) is 0.926. The van der Waals surface area contributed by atoms with Gasteiger partial charge in [-0.3, -0.25) is 4.68 Å². The third-order valence-corrected chi connectivity index (χ3v) is 6.16. The van der Waals surface area contributed by atoms with Crippen LogP contribution in [0.5, 0.6) is 0 Å². The van der Waals surface area contributed by atoms with Crippen molar-refractivity contribution < 1.29 is 22.6 Å². The summed E-state index contributed by atoms with van der Waals surface area (Å²) >= 11 is 0. The van der Waals surface area contributed by atoms with Crippen LogP contribution in [0.3, 0.4) is 0 Å². The topological polar surface area (TPSA) is 75.2 Å². The number of nitrogen functional groups attached to an aromatic ring is 1. The van der Waals surface area contributed by atoms with E-state index >= 15 is 0 Å². The molecule has 164 valence electrons. The van der Waals surface area contributed by atoms with Gasteiger partial charge in [0.1, 0.15) is 5.82 Å². The molecule has 9 heteroatoms. The highest BCUT2D eigenvalue weighted by atomic mass is 19.4. The second kappa shape index (κ2) is 7.85. The van der Waals surface area contributed by atoms with Gasteiger partial charge < -0.3 is 15.2 Å². The highest BCUT2D eigenvalue weighted by molar-refractivity contribution is 5.63. The lowest BCUT2D eigenvalue weighted by Gasteiger charge is -2.17. The number of aromatic nitrogens is 3. The number of fused-ring (bicyclic) bond motifs is 1. The normalized spacial score (nSPS) is 25.7. The Morgan fingerprint density at radius 3 is 2.50 bits per heavy atom. The Labute approximate surface area is 173 Å². The van der Waals surface area contributed by atoms with Crippen molar-refractivity contribution in [2.24, 2.45) is 11.8 Å². The molecule has 30 heavy (non-hydrogen) atoms. The lowest BCUT2D eigenvalue weighted by atomic mass is 10.0. The number of ether oxygens (including phenoxy) is 2. The number of hydrogen-bond donors (Lipinski definition) is 1. The number of alkyl halides is 3. The van der Waals surface area contributed by atoms with Crippen molar-refractivity contribution in [2.75, 3.05) is 26.1 Å². The lowest BCUT2D eigenvalue weighted by molar-refractivity contribution is -0.137. The molecule has 4 rings (SSSR count). The van der Waals surface area contributed by atoms with E-state index in [1.54, 1.807) is 7.11 Å². The zero-order valence-corrected chi connectivity index (χ0v) is 17.3. The fourth-order valence-corrected chi connectivity index (χ4v) is 4.72. The summed E-state index contributed by atoms with van der Waals surface area (Å²) in [5, 5.41) is 4.62. The molecule has 2 saturated carbocycles. The molecule has 0 unspecified atom stereocenters. The van der Waals surface area contributed by atoms with Gasteiger partial charge in [-0.05, 0) is 50.7 Å². The molecule has 2 fully saturated rings. The fraction of sp³-hybridized carbons (Fsp3) is 0.619. The molecular weight excluding hydrogens is 397 g/mol. The minimum atomic E-state index is -4.55. The van der Waals surface area contributed by atoms with Crippen LogP contribution in [0, 0.1) is 11.8 Å². The molecule has 0 saturated heterocycles. The SMILES string of the molecule is COCCO[C@H]1C[C@@H]2[C@H](C1)[C@H]2c1cc(-c2cnc(N)c(C(F)(F)F)c2)nn1C(C)C. The van der Waals surface area contributed by atoms with Gasteiger partial charge in [0.2, 0.25) is 0 Å². The maximum atomic E-state index is 13.2. The average Bonchev–Trinajstić information content (AvgIpc) is 3.04. The van der Waals surface area contributed by atoms with E-state index in [2.05, 4.69) is 10.1 Å². The number of pyridine rings is 1.